The normalized spacial score (nSPS) is 11.4. The van der Waals surface area contributed by atoms with Crippen LogP contribution >= 0.6 is 34.3 Å². The Morgan fingerprint density at radius 1 is 1.03 bits per heavy atom. The van der Waals surface area contributed by atoms with E-state index in [1.807, 2.05) is 32.3 Å². The minimum atomic E-state index is -0.313. The van der Waals surface area contributed by atoms with Gasteiger partial charge in [0.2, 0.25) is 0 Å². The van der Waals surface area contributed by atoms with E-state index in [4.69, 9.17) is 16.3 Å². The summed E-state index contributed by atoms with van der Waals surface area (Å²) >= 11 is 8.96. The first-order valence-electron chi connectivity index (χ1n) is 11.5. The van der Waals surface area contributed by atoms with Gasteiger partial charge in [0.1, 0.15) is 11.6 Å². The first-order chi connectivity index (χ1) is 16.0. The van der Waals surface area contributed by atoms with Crippen molar-refractivity contribution in [1.29, 1.82) is 5.26 Å². The lowest BCUT2D eigenvalue weighted by Gasteiger charge is -2.06. The van der Waals surface area contributed by atoms with Crippen molar-refractivity contribution < 1.29 is 9.53 Å². The standard InChI is InChI=1S/C25H34ClN3O2S2/c1-29(2)24-13-12-23(33-24)22-11-10-21(32-22)18-20(19-27)25(30)28-15-7-5-9-17-31-16-8-4-3-6-14-26/h10-13,18H,3-9,14-17H2,1-2H3,(H,28,30)/b20-18+. The molecule has 180 valence electrons. The Labute approximate surface area is 211 Å². The maximum absolute atomic E-state index is 12.4. The monoisotopic (exact) mass is 507 g/mol. The second kappa shape index (κ2) is 15.9. The van der Waals surface area contributed by atoms with E-state index in [9.17, 15) is 10.1 Å². The Hall–Kier alpha value is -1.85. The molecule has 0 aliphatic carbocycles. The molecule has 0 aliphatic heterocycles. The van der Waals surface area contributed by atoms with Crippen LogP contribution in [-0.4, -0.2) is 45.6 Å². The van der Waals surface area contributed by atoms with E-state index < -0.39 is 0 Å². The molecule has 2 heterocycles. The van der Waals surface area contributed by atoms with Crippen molar-refractivity contribution in [2.45, 2.75) is 44.9 Å². The summed E-state index contributed by atoms with van der Waals surface area (Å²) in [5, 5.41) is 13.5. The van der Waals surface area contributed by atoms with Crippen LogP contribution in [-0.2, 0) is 9.53 Å². The molecule has 0 aromatic carbocycles. The predicted octanol–water partition coefficient (Wildman–Crippen LogP) is 6.55. The second-order valence-corrected chi connectivity index (χ2v) is 10.5. The van der Waals surface area contributed by atoms with E-state index in [1.54, 1.807) is 28.7 Å². The number of nitriles is 1. The van der Waals surface area contributed by atoms with Crippen LogP contribution in [0.5, 0.6) is 0 Å². The van der Waals surface area contributed by atoms with Gasteiger partial charge < -0.3 is 15.0 Å². The molecule has 0 radical (unpaired) electrons. The highest BCUT2D eigenvalue weighted by molar-refractivity contribution is 7.24. The van der Waals surface area contributed by atoms with Crippen molar-refractivity contribution >= 4 is 51.3 Å². The molecule has 0 spiro atoms. The zero-order valence-corrected chi connectivity index (χ0v) is 22.0. The van der Waals surface area contributed by atoms with Gasteiger partial charge in [-0.1, -0.05) is 12.8 Å². The Morgan fingerprint density at radius 2 is 1.70 bits per heavy atom. The first-order valence-corrected chi connectivity index (χ1v) is 13.6. The number of unbranched alkanes of at least 4 members (excludes halogenated alkanes) is 5. The molecule has 0 saturated carbocycles. The van der Waals surface area contributed by atoms with Crippen molar-refractivity contribution in [2.24, 2.45) is 0 Å². The van der Waals surface area contributed by atoms with Crippen molar-refractivity contribution in [3.8, 4) is 15.8 Å². The van der Waals surface area contributed by atoms with E-state index in [0.29, 0.717) is 6.54 Å². The van der Waals surface area contributed by atoms with E-state index in [1.165, 1.54) is 22.7 Å². The fourth-order valence-electron chi connectivity index (χ4n) is 3.11. The number of anilines is 1. The first kappa shape index (κ1) is 27.4. The average molecular weight is 508 g/mol. The molecule has 8 heteroatoms. The van der Waals surface area contributed by atoms with Gasteiger partial charge in [-0.15, -0.1) is 34.3 Å². The van der Waals surface area contributed by atoms with Gasteiger partial charge in [0.25, 0.3) is 5.91 Å². The molecule has 0 saturated heterocycles. The van der Waals surface area contributed by atoms with Gasteiger partial charge in [-0.05, 0) is 62.4 Å². The molecule has 1 amide bonds. The van der Waals surface area contributed by atoms with Gasteiger partial charge in [0, 0.05) is 54.4 Å². The Morgan fingerprint density at radius 3 is 2.36 bits per heavy atom. The lowest BCUT2D eigenvalue weighted by atomic mass is 10.2. The van der Waals surface area contributed by atoms with Crippen LogP contribution in [0.25, 0.3) is 15.8 Å². The molecule has 2 aromatic rings. The van der Waals surface area contributed by atoms with Gasteiger partial charge in [-0.2, -0.15) is 5.26 Å². The molecule has 0 fully saturated rings. The lowest BCUT2D eigenvalue weighted by Crippen LogP contribution is -2.25. The number of rotatable bonds is 16. The van der Waals surface area contributed by atoms with E-state index in [2.05, 4.69) is 22.3 Å². The van der Waals surface area contributed by atoms with Crippen molar-refractivity contribution in [3.63, 3.8) is 0 Å². The number of nitrogens with one attached hydrogen (secondary N) is 1. The highest BCUT2D eigenvalue weighted by Crippen LogP contribution is 2.37. The Kier molecular flexibility index (Phi) is 13.2. The minimum Gasteiger partial charge on any atom is -0.381 e. The van der Waals surface area contributed by atoms with E-state index >= 15 is 0 Å². The molecule has 2 rings (SSSR count). The van der Waals surface area contributed by atoms with Crippen LogP contribution in [0, 0.1) is 11.3 Å². The molecular weight excluding hydrogens is 474 g/mol. The van der Waals surface area contributed by atoms with Gasteiger partial charge in [-0.25, -0.2) is 0 Å². The number of halogens is 1. The van der Waals surface area contributed by atoms with Crippen LogP contribution < -0.4 is 10.2 Å². The molecule has 33 heavy (non-hydrogen) atoms. The zero-order chi connectivity index (χ0) is 23.9. The number of nitrogens with zero attached hydrogens (tertiary/aromatic N) is 2. The summed E-state index contributed by atoms with van der Waals surface area (Å²) in [6.45, 7) is 2.13. The molecule has 0 unspecified atom stereocenters. The quantitative estimate of drug-likeness (QED) is 0.121. The molecule has 0 aliphatic rings. The van der Waals surface area contributed by atoms with E-state index in [0.717, 1.165) is 61.0 Å². The Balaban J connectivity index is 1.67. The van der Waals surface area contributed by atoms with Crippen LogP contribution in [0.1, 0.15) is 49.8 Å². The van der Waals surface area contributed by atoms with Crippen molar-refractivity contribution in [3.05, 3.63) is 34.7 Å². The number of alkyl halides is 1. The average Bonchev–Trinajstić information content (AvgIpc) is 3.48. The largest absolute Gasteiger partial charge is 0.381 e. The third-order valence-electron chi connectivity index (χ3n) is 4.98. The Bertz CT molecular complexity index is 915. The highest BCUT2D eigenvalue weighted by atomic mass is 35.5. The third-order valence-corrected chi connectivity index (χ3v) is 7.73. The highest BCUT2D eigenvalue weighted by Gasteiger charge is 2.11. The fraction of sp³-hybridized carbons (Fsp3) is 0.520. The van der Waals surface area contributed by atoms with Gasteiger partial charge in [0.15, 0.2) is 0 Å². The fourth-order valence-corrected chi connectivity index (χ4v) is 5.27. The topological polar surface area (TPSA) is 65.4 Å². The molecule has 0 atom stereocenters. The molecule has 2 aromatic heterocycles. The van der Waals surface area contributed by atoms with Crippen LogP contribution in [0.4, 0.5) is 5.00 Å². The number of carbonyl (C=O) groups excluding carboxylic acids is 1. The molecular formula is C25H34ClN3O2S2. The molecule has 0 bridgehead atoms. The van der Waals surface area contributed by atoms with Gasteiger partial charge in [-0.3, -0.25) is 4.79 Å². The summed E-state index contributed by atoms with van der Waals surface area (Å²) in [5.74, 6) is 0.428. The summed E-state index contributed by atoms with van der Waals surface area (Å²) in [5.41, 5.74) is 0.140. The van der Waals surface area contributed by atoms with Crippen LogP contribution in [0.2, 0.25) is 0 Å². The van der Waals surface area contributed by atoms with Crippen LogP contribution in [0.15, 0.2) is 29.8 Å². The predicted molar refractivity (Wildman–Crippen MR) is 142 cm³/mol. The van der Waals surface area contributed by atoms with Gasteiger partial charge >= 0.3 is 0 Å². The minimum absolute atomic E-state index is 0.140. The van der Waals surface area contributed by atoms with Crippen LogP contribution in [0.3, 0.4) is 0 Å². The number of hydrogen-bond donors (Lipinski definition) is 1. The summed E-state index contributed by atoms with van der Waals surface area (Å²) < 4.78 is 5.64. The third kappa shape index (κ3) is 10.3. The SMILES string of the molecule is CN(C)c1ccc(-c2ccc(/C=C(\C#N)C(=O)NCCCCCOCCCCCCCl)s2)s1. The summed E-state index contributed by atoms with van der Waals surface area (Å²) in [4.78, 5) is 17.7. The maximum Gasteiger partial charge on any atom is 0.261 e. The summed E-state index contributed by atoms with van der Waals surface area (Å²) in [6.07, 6.45) is 9.03. The van der Waals surface area contributed by atoms with Crippen molar-refractivity contribution in [2.75, 3.05) is 44.6 Å². The molecule has 5 nitrogen and oxygen atoms in total. The lowest BCUT2D eigenvalue weighted by molar-refractivity contribution is -0.117. The maximum atomic E-state index is 12.4. The number of ether oxygens (including phenoxy) is 1. The number of carbonyl (C=O) groups is 1. The number of amides is 1. The number of thiophene rings is 2. The zero-order valence-electron chi connectivity index (χ0n) is 19.6. The van der Waals surface area contributed by atoms with E-state index in [-0.39, 0.29) is 11.5 Å². The van der Waals surface area contributed by atoms with Gasteiger partial charge in [0.05, 0.1) is 5.00 Å². The van der Waals surface area contributed by atoms with Crippen molar-refractivity contribution in [1.82, 2.24) is 5.32 Å². The summed E-state index contributed by atoms with van der Waals surface area (Å²) in [7, 11) is 4.05. The molecule has 1 N–H and O–H groups in total. The smallest absolute Gasteiger partial charge is 0.261 e. The number of hydrogen-bond acceptors (Lipinski definition) is 6. The second-order valence-electron chi connectivity index (χ2n) is 7.94. The summed E-state index contributed by atoms with van der Waals surface area (Å²) in [6, 6.07) is 10.2.